The number of para-hydroxylation sites is 1. The van der Waals surface area contributed by atoms with E-state index in [0.717, 1.165) is 25.7 Å². The number of fused-ring (bicyclic) bond motifs is 1. The van der Waals surface area contributed by atoms with Crippen molar-refractivity contribution >= 4 is 26.6 Å². The second-order valence-electron chi connectivity index (χ2n) is 5.77. The summed E-state index contributed by atoms with van der Waals surface area (Å²) in [6, 6.07) is 7.16. The molecule has 0 aliphatic heterocycles. The highest BCUT2D eigenvalue weighted by Gasteiger charge is 2.26. The molecule has 1 aromatic heterocycles. The summed E-state index contributed by atoms with van der Waals surface area (Å²) in [5.74, 6) is -0.441. The maximum atomic E-state index is 12.3. The van der Waals surface area contributed by atoms with E-state index < -0.39 is 15.6 Å². The van der Waals surface area contributed by atoms with Gasteiger partial charge in [-0.25, -0.2) is 8.42 Å². The van der Waals surface area contributed by atoms with Crippen LogP contribution in [-0.2, 0) is 9.84 Å². The summed E-state index contributed by atoms with van der Waals surface area (Å²) in [6.45, 7) is 0. The lowest BCUT2D eigenvalue weighted by atomic mass is 10.1. The smallest absolute Gasteiger partial charge is 0.181 e. The lowest BCUT2D eigenvalue weighted by Crippen LogP contribution is -2.22. The Kier molecular flexibility index (Phi) is 3.85. The molecule has 1 aliphatic rings. The van der Waals surface area contributed by atoms with E-state index in [1.807, 2.05) is 12.1 Å². The van der Waals surface area contributed by atoms with Crippen LogP contribution in [0.1, 0.15) is 36.0 Å². The zero-order valence-electron chi connectivity index (χ0n) is 11.7. The summed E-state index contributed by atoms with van der Waals surface area (Å²) in [5, 5.41) is 0.679. The Balaban J connectivity index is 1.76. The maximum Gasteiger partial charge on any atom is 0.181 e. The highest BCUT2D eigenvalue weighted by Crippen LogP contribution is 2.27. The molecule has 0 spiro atoms. The van der Waals surface area contributed by atoms with Gasteiger partial charge in [0.1, 0.15) is 17.6 Å². The molecule has 4 nitrogen and oxygen atoms in total. The molecule has 0 saturated heterocycles. The van der Waals surface area contributed by atoms with E-state index in [1.54, 1.807) is 12.1 Å². The zero-order valence-corrected chi connectivity index (χ0v) is 12.6. The third kappa shape index (κ3) is 3.18. The van der Waals surface area contributed by atoms with Crippen molar-refractivity contribution in [2.24, 2.45) is 5.92 Å². The quantitative estimate of drug-likeness (QED) is 0.796. The number of Topliss-reactive ketones (excluding diaryl/α,β-unsaturated/α-hetero) is 1. The molecule has 1 aliphatic carbocycles. The Bertz CT molecular complexity index is 751. The molecule has 0 N–H and O–H groups in total. The highest BCUT2D eigenvalue weighted by molar-refractivity contribution is 7.92. The van der Waals surface area contributed by atoms with Gasteiger partial charge in [-0.1, -0.05) is 31.0 Å². The van der Waals surface area contributed by atoms with Gasteiger partial charge in [-0.2, -0.15) is 0 Å². The van der Waals surface area contributed by atoms with Gasteiger partial charge in [0.2, 0.25) is 0 Å². The van der Waals surface area contributed by atoms with Crippen LogP contribution in [0.3, 0.4) is 0 Å². The molecule has 0 unspecified atom stereocenters. The molecule has 0 amide bonds. The van der Waals surface area contributed by atoms with Gasteiger partial charge in [0.15, 0.2) is 15.6 Å². The van der Waals surface area contributed by atoms with Crippen molar-refractivity contribution in [3.05, 3.63) is 36.1 Å². The van der Waals surface area contributed by atoms with Crippen molar-refractivity contribution in [1.82, 2.24) is 0 Å². The molecular weight excluding hydrogens is 288 g/mol. The number of hydrogen-bond donors (Lipinski definition) is 0. The van der Waals surface area contributed by atoms with Gasteiger partial charge in [0, 0.05) is 5.39 Å². The van der Waals surface area contributed by atoms with Gasteiger partial charge in [-0.15, -0.1) is 0 Å². The summed E-state index contributed by atoms with van der Waals surface area (Å²) in [5.41, 5.74) is 0.967. The van der Waals surface area contributed by atoms with Gasteiger partial charge >= 0.3 is 0 Å². The summed E-state index contributed by atoms with van der Waals surface area (Å²) in [4.78, 5) is 12.3. The van der Waals surface area contributed by atoms with Crippen LogP contribution in [0.4, 0.5) is 0 Å². The van der Waals surface area contributed by atoms with Crippen LogP contribution in [0.5, 0.6) is 0 Å². The SMILES string of the molecule is O=C(CS(=O)(=O)CC1CCCC1)c1coc2ccccc12. The molecule has 0 radical (unpaired) electrons. The fourth-order valence-electron chi connectivity index (χ4n) is 3.07. The monoisotopic (exact) mass is 306 g/mol. The minimum absolute atomic E-state index is 0.133. The lowest BCUT2D eigenvalue weighted by Gasteiger charge is -2.08. The van der Waals surface area contributed by atoms with Gasteiger partial charge < -0.3 is 4.42 Å². The average molecular weight is 306 g/mol. The molecule has 21 heavy (non-hydrogen) atoms. The summed E-state index contributed by atoms with van der Waals surface area (Å²) < 4.78 is 29.7. The van der Waals surface area contributed by atoms with Crippen molar-refractivity contribution < 1.29 is 17.6 Å². The molecule has 1 fully saturated rings. The molecule has 5 heteroatoms. The van der Waals surface area contributed by atoms with Gasteiger partial charge in [-0.3, -0.25) is 4.79 Å². The Hall–Kier alpha value is -1.62. The molecule has 0 atom stereocenters. The van der Waals surface area contributed by atoms with Crippen LogP contribution in [0.2, 0.25) is 0 Å². The lowest BCUT2D eigenvalue weighted by molar-refractivity contribution is 0.102. The Morgan fingerprint density at radius 3 is 2.67 bits per heavy atom. The number of ketones is 1. The van der Waals surface area contributed by atoms with Crippen LogP contribution < -0.4 is 0 Å². The van der Waals surface area contributed by atoms with Crippen molar-refractivity contribution in [1.29, 1.82) is 0 Å². The maximum absolute atomic E-state index is 12.3. The highest BCUT2D eigenvalue weighted by atomic mass is 32.2. The number of benzene rings is 1. The Morgan fingerprint density at radius 1 is 1.19 bits per heavy atom. The summed E-state index contributed by atoms with van der Waals surface area (Å²) >= 11 is 0. The van der Waals surface area contributed by atoms with E-state index in [9.17, 15) is 13.2 Å². The minimum Gasteiger partial charge on any atom is -0.464 e. The molecule has 1 saturated carbocycles. The Morgan fingerprint density at radius 2 is 1.90 bits per heavy atom. The first-order valence-corrected chi connectivity index (χ1v) is 9.07. The largest absolute Gasteiger partial charge is 0.464 e. The van der Waals surface area contributed by atoms with Gasteiger partial charge in [0.05, 0.1) is 11.3 Å². The first kappa shape index (κ1) is 14.3. The predicted octanol–water partition coefficient (Wildman–Crippen LogP) is 3.22. The molecule has 112 valence electrons. The first-order valence-electron chi connectivity index (χ1n) is 7.25. The minimum atomic E-state index is -3.35. The summed E-state index contributed by atoms with van der Waals surface area (Å²) in [6.07, 6.45) is 5.48. The van der Waals surface area contributed by atoms with E-state index in [1.165, 1.54) is 6.26 Å². The van der Waals surface area contributed by atoms with Crippen LogP contribution in [-0.4, -0.2) is 25.7 Å². The first-order chi connectivity index (χ1) is 10.1. The standard InChI is InChI=1S/C16H18O4S/c17-15(11-21(18,19)10-12-5-1-2-6-12)14-9-20-16-8-4-3-7-13(14)16/h3-4,7-9,12H,1-2,5-6,10-11H2. The third-order valence-electron chi connectivity index (χ3n) is 4.10. The number of sulfone groups is 1. The van der Waals surface area contributed by atoms with Crippen molar-refractivity contribution in [3.8, 4) is 0 Å². The molecule has 1 heterocycles. The van der Waals surface area contributed by atoms with E-state index in [0.29, 0.717) is 16.5 Å². The Labute approximate surface area is 124 Å². The number of carbonyl (C=O) groups is 1. The fraction of sp³-hybridized carbons (Fsp3) is 0.438. The van der Waals surface area contributed by atoms with E-state index in [4.69, 9.17) is 4.42 Å². The second kappa shape index (κ2) is 5.64. The number of hydrogen-bond acceptors (Lipinski definition) is 4. The van der Waals surface area contributed by atoms with Crippen molar-refractivity contribution in [3.63, 3.8) is 0 Å². The van der Waals surface area contributed by atoms with E-state index in [2.05, 4.69) is 0 Å². The second-order valence-corrected chi connectivity index (χ2v) is 7.88. The number of carbonyl (C=O) groups excluding carboxylic acids is 1. The molecular formula is C16H18O4S. The normalized spacial score (nSPS) is 16.6. The van der Waals surface area contributed by atoms with E-state index in [-0.39, 0.29) is 17.5 Å². The molecule has 2 aromatic rings. The average Bonchev–Trinajstić information content (AvgIpc) is 3.06. The topological polar surface area (TPSA) is 64.3 Å². The predicted molar refractivity (Wildman–Crippen MR) is 81.2 cm³/mol. The summed E-state index contributed by atoms with van der Waals surface area (Å²) in [7, 11) is -3.35. The molecule has 3 rings (SSSR count). The van der Waals surface area contributed by atoms with Gasteiger partial charge in [-0.05, 0) is 24.8 Å². The van der Waals surface area contributed by atoms with Crippen molar-refractivity contribution in [2.75, 3.05) is 11.5 Å². The van der Waals surface area contributed by atoms with Gasteiger partial charge in [0.25, 0.3) is 0 Å². The van der Waals surface area contributed by atoms with Crippen LogP contribution in [0, 0.1) is 5.92 Å². The number of rotatable bonds is 5. The van der Waals surface area contributed by atoms with E-state index >= 15 is 0 Å². The fourth-order valence-corrected chi connectivity index (χ4v) is 4.79. The van der Waals surface area contributed by atoms with Crippen LogP contribution in [0.25, 0.3) is 11.0 Å². The molecule has 0 bridgehead atoms. The zero-order chi connectivity index (χ0) is 14.9. The third-order valence-corrected chi connectivity index (χ3v) is 5.78. The van der Waals surface area contributed by atoms with Crippen LogP contribution in [0.15, 0.2) is 34.9 Å². The number of furan rings is 1. The molecule has 1 aromatic carbocycles. The van der Waals surface area contributed by atoms with Crippen LogP contribution >= 0.6 is 0 Å². The van der Waals surface area contributed by atoms with Crippen molar-refractivity contribution in [2.45, 2.75) is 25.7 Å².